The molecule has 2 aromatic carbocycles. The third-order valence-corrected chi connectivity index (χ3v) is 3.84. The predicted molar refractivity (Wildman–Crippen MR) is 95.3 cm³/mol. The number of benzene rings is 2. The summed E-state index contributed by atoms with van der Waals surface area (Å²) in [6, 6.07) is 22.6. The number of carbonyl (C=O) groups is 1. The topological polar surface area (TPSA) is 48.4 Å². The van der Waals surface area contributed by atoms with Gasteiger partial charge in [0.25, 0.3) is 0 Å². The van der Waals surface area contributed by atoms with E-state index in [1.54, 1.807) is 13.3 Å². The number of nitrogens with zero attached hydrogens (tertiary/aromatic N) is 1. The van der Waals surface area contributed by atoms with Gasteiger partial charge in [-0.15, -0.1) is 0 Å². The fourth-order valence-corrected chi connectivity index (χ4v) is 2.64. The average Bonchev–Trinajstić information content (AvgIpc) is 2.68. The zero-order valence-electron chi connectivity index (χ0n) is 14.0. The van der Waals surface area contributed by atoms with E-state index in [4.69, 9.17) is 9.47 Å². The van der Waals surface area contributed by atoms with Crippen LogP contribution in [0.5, 0.6) is 5.75 Å². The molecule has 0 aliphatic carbocycles. The second-order valence-electron chi connectivity index (χ2n) is 5.52. The van der Waals surface area contributed by atoms with Gasteiger partial charge in [0, 0.05) is 11.8 Å². The minimum Gasteiger partial charge on any atom is -0.496 e. The summed E-state index contributed by atoms with van der Waals surface area (Å²) in [4.78, 5) is 16.9. The molecule has 0 aliphatic rings. The minimum atomic E-state index is -0.537. The van der Waals surface area contributed by atoms with Gasteiger partial charge >= 0.3 is 5.97 Å². The zero-order valence-corrected chi connectivity index (χ0v) is 14.0. The van der Waals surface area contributed by atoms with Crippen molar-refractivity contribution in [2.75, 3.05) is 7.11 Å². The van der Waals surface area contributed by atoms with Gasteiger partial charge in [-0.3, -0.25) is 9.78 Å². The maximum atomic E-state index is 12.5. The number of carbonyl (C=O) groups excluding carboxylic acids is 1. The lowest BCUT2D eigenvalue weighted by molar-refractivity contribution is -0.146. The van der Waals surface area contributed by atoms with E-state index in [1.165, 1.54) is 0 Å². The summed E-state index contributed by atoms with van der Waals surface area (Å²) in [7, 11) is 1.59. The summed E-state index contributed by atoms with van der Waals surface area (Å²) in [6.07, 6.45) is 1.30. The normalized spacial score (nSPS) is 11.6. The molecule has 1 aromatic heterocycles. The monoisotopic (exact) mass is 333 g/mol. The third-order valence-electron chi connectivity index (χ3n) is 3.84. The van der Waals surface area contributed by atoms with Gasteiger partial charge in [-0.1, -0.05) is 54.6 Å². The van der Waals surface area contributed by atoms with Gasteiger partial charge in [0.15, 0.2) is 6.10 Å². The largest absolute Gasteiger partial charge is 0.496 e. The van der Waals surface area contributed by atoms with Gasteiger partial charge in [-0.2, -0.15) is 0 Å². The predicted octanol–water partition coefficient (Wildman–Crippen LogP) is 3.97. The number of rotatable bonds is 6. The molecule has 1 unspecified atom stereocenters. The molecule has 1 atom stereocenters. The van der Waals surface area contributed by atoms with Crippen molar-refractivity contribution in [3.8, 4) is 5.75 Å². The fourth-order valence-electron chi connectivity index (χ4n) is 2.64. The number of hydrogen-bond acceptors (Lipinski definition) is 4. The number of pyridine rings is 1. The van der Waals surface area contributed by atoms with Crippen LogP contribution >= 0.6 is 0 Å². The Morgan fingerprint density at radius 3 is 2.40 bits per heavy atom. The highest BCUT2D eigenvalue weighted by atomic mass is 16.5. The van der Waals surface area contributed by atoms with Gasteiger partial charge < -0.3 is 9.47 Å². The molecule has 0 radical (unpaired) electrons. The first kappa shape index (κ1) is 16.7. The van der Waals surface area contributed by atoms with Crippen LogP contribution in [0.1, 0.15) is 22.9 Å². The number of aromatic nitrogens is 1. The van der Waals surface area contributed by atoms with Gasteiger partial charge in [0.1, 0.15) is 5.75 Å². The maximum absolute atomic E-state index is 12.5. The molecule has 4 nitrogen and oxygen atoms in total. The van der Waals surface area contributed by atoms with Crippen LogP contribution in [0, 0.1) is 0 Å². The molecular formula is C21H19NO3. The number of esters is 1. The first-order valence-electron chi connectivity index (χ1n) is 8.05. The van der Waals surface area contributed by atoms with Crippen molar-refractivity contribution in [3.63, 3.8) is 0 Å². The molecule has 0 N–H and O–H groups in total. The summed E-state index contributed by atoms with van der Waals surface area (Å²) in [5, 5.41) is 0. The van der Waals surface area contributed by atoms with Gasteiger partial charge in [0.2, 0.25) is 0 Å². The molecule has 0 aliphatic heterocycles. The second kappa shape index (κ2) is 8.11. The standard InChI is InChI=1S/C21H19NO3/c1-24-19-13-6-5-11-17(19)15-20(23)25-21(16-9-3-2-4-10-16)18-12-7-8-14-22-18/h2-14,21H,15H2,1H3. The van der Waals surface area contributed by atoms with Crippen molar-refractivity contribution in [2.45, 2.75) is 12.5 Å². The minimum absolute atomic E-state index is 0.139. The van der Waals surface area contributed by atoms with E-state index in [0.717, 1.165) is 11.1 Å². The van der Waals surface area contributed by atoms with E-state index in [0.29, 0.717) is 11.4 Å². The van der Waals surface area contributed by atoms with E-state index >= 15 is 0 Å². The summed E-state index contributed by atoms with van der Waals surface area (Å²) in [5.41, 5.74) is 2.37. The van der Waals surface area contributed by atoms with Crippen LogP contribution in [0.4, 0.5) is 0 Å². The van der Waals surface area contributed by atoms with Gasteiger partial charge in [0.05, 0.1) is 19.2 Å². The quantitative estimate of drug-likeness (QED) is 0.641. The van der Waals surface area contributed by atoms with Crippen LogP contribution in [-0.4, -0.2) is 18.1 Å². The van der Waals surface area contributed by atoms with Crippen molar-refractivity contribution >= 4 is 5.97 Å². The molecule has 0 saturated heterocycles. The number of ether oxygens (including phenoxy) is 2. The van der Waals surface area contributed by atoms with Crippen LogP contribution in [0.2, 0.25) is 0 Å². The van der Waals surface area contributed by atoms with Gasteiger partial charge in [-0.25, -0.2) is 0 Å². The molecular weight excluding hydrogens is 314 g/mol. The molecule has 0 spiro atoms. The number of para-hydroxylation sites is 1. The maximum Gasteiger partial charge on any atom is 0.311 e. The van der Waals surface area contributed by atoms with Crippen LogP contribution in [-0.2, 0) is 16.0 Å². The summed E-state index contributed by atoms with van der Waals surface area (Å²) >= 11 is 0. The molecule has 0 bridgehead atoms. The first-order valence-corrected chi connectivity index (χ1v) is 8.05. The van der Waals surface area contributed by atoms with Crippen molar-refractivity contribution < 1.29 is 14.3 Å². The Balaban J connectivity index is 1.82. The van der Waals surface area contributed by atoms with E-state index in [1.807, 2.05) is 72.8 Å². The molecule has 1 heterocycles. The second-order valence-corrected chi connectivity index (χ2v) is 5.52. The molecule has 25 heavy (non-hydrogen) atoms. The van der Waals surface area contributed by atoms with E-state index in [9.17, 15) is 4.79 Å². The number of hydrogen-bond donors (Lipinski definition) is 0. The average molecular weight is 333 g/mol. The van der Waals surface area contributed by atoms with Crippen molar-refractivity contribution in [1.29, 1.82) is 0 Å². The van der Waals surface area contributed by atoms with Gasteiger partial charge in [-0.05, 0) is 23.8 Å². The lowest BCUT2D eigenvalue weighted by atomic mass is 10.1. The molecule has 0 saturated carbocycles. The van der Waals surface area contributed by atoms with Crippen LogP contribution in [0.25, 0.3) is 0 Å². The Morgan fingerprint density at radius 2 is 1.68 bits per heavy atom. The Kier molecular flexibility index (Phi) is 5.42. The highest BCUT2D eigenvalue weighted by Gasteiger charge is 2.21. The highest BCUT2D eigenvalue weighted by molar-refractivity contribution is 5.74. The molecule has 4 heteroatoms. The molecule has 3 rings (SSSR count). The molecule has 3 aromatic rings. The van der Waals surface area contributed by atoms with Crippen LogP contribution in [0.15, 0.2) is 79.0 Å². The van der Waals surface area contributed by atoms with Crippen molar-refractivity contribution in [3.05, 3.63) is 95.8 Å². The Hall–Kier alpha value is -3.14. The van der Waals surface area contributed by atoms with E-state index in [-0.39, 0.29) is 12.4 Å². The third kappa shape index (κ3) is 4.23. The van der Waals surface area contributed by atoms with E-state index < -0.39 is 6.10 Å². The smallest absolute Gasteiger partial charge is 0.311 e. The fraction of sp³-hybridized carbons (Fsp3) is 0.143. The van der Waals surface area contributed by atoms with Crippen LogP contribution in [0.3, 0.4) is 0 Å². The van der Waals surface area contributed by atoms with Crippen molar-refractivity contribution in [2.24, 2.45) is 0 Å². The SMILES string of the molecule is COc1ccccc1CC(=O)OC(c1ccccc1)c1ccccn1. The molecule has 126 valence electrons. The lowest BCUT2D eigenvalue weighted by Gasteiger charge is -2.18. The van der Waals surface area contributed by atoms with Crippen molar-refractivity contribution in [1.82, 2.24) is 4.98 Å². The molecule has 0 amide bonds. The number of methoxy groups -OCH3 is 1. The lowest BCUT2D eigenvalue weighted by Crippen LogP contribution is -2.16. The Bertz CT molecular complexity index is 779. The first-order chi connectivity index (χ1) is 12.3. The highest BCUT2D eigenvalue weighted by Crippen LogP contribution is 2.26. The zero-order chi connectivity index (χ0) is 17.5. The Labute approximate surface area is 147 Å². The van der Waals surface area contributed by atoms with E-state index in [2.05, 4.69) is 4.98 Å². The summed E-state index contributed by atoms with van der Waals surface area (Å²) < 4.78 is 11.1. The molecule has 0 fully saturated rings. The van der Waals surface area contributed by atoms with Crippen LogP contribution < -0.4 is 4.74 Å². The summed E-state index contributed by atoms with van der Waals surface area (Å²) in [6.45, 7) is 0. The summed E-state index contributed by atoms with van der Waals surface area (Å²) in [5.74, 6) is 0.345. The Morgan fingerprint density at radius 1 is 0.960 bits per heavy atom.